The molecular weight excluding hydrogens is 272 g/mol. The summed E-state index contributed by atoms with van der Waals surface area (Å²) in [5.41, 5.74) is 0. The van der Waals surface area contributed by atoms with Crippen LogP contribution in [-0.4, -0.2) is 0 Å². The van der Waals surface area contributed by atoms with E-state index >= 15 is 0 Å². The lowest BCUT2D eigenvalue weighted by molar-refractivity contribution is 2.09. The molecule has 3 rings (SSSR count). The summed E-state index contributed by atoms with van der Waals surface area (Å²) in [7, 11) is 0. The first-order chi connectivity index (χ1) is 5.86. The van der Waals surface area contributed by atoms with Crippen LogP contribution >= 0.6 is 49.9 Å². The lowest BCUT2D eigenvalue weighted by Crippen LogP contribution is -1.44. The largest absolute Gasteiger partial charge is 0.141 e. The van der Waals surface area contributed by atoms with Gasteiger partial charge in [0.25, 0.3) is 0 Å². The van der Waals surface area contributed by atoms with E-state index in [2.05, 4.69) is 32.8 Å². The summed E-state index contributed by atoms with van der Waals surface area (Å²) in [5, 5.41) is 4.33. The third-order valence-electron chi connectivity index (χ3n) is 1.75. The van der Waals surface area contributed by atoms with E-state index in [1.807, 2.05) is 34.0 Å². The Morgan fingerprint density at radius 3 is 2.92 bits per heavy atom. The van der Waals surface area contributed by atoms with E-state index in [9.17, 15) is 0 Å². The molecule has 0 atom stereocenters. The van der Waals surface area contributed by atoms with Gasteiger partial charge in [-0.25, -0.2) is 0 Å². The zero-order valence-electron chi connectivity index (χ0n) is 5.83. The summed E-state index contributed by atoms with van der Waals surface area (Å²) in [6, 6.07) is 2.20. The van der Waals surface area contributed by atoms with Gasteiger partial charge in [-0.1, -0.05) is 0 Å². The van der Waals surface area contributed by atoms with Crippen molar-refractivity contribution < 1.29 is 0 Å². The van der Waals surface area contributed by atoms with Gasteiger partial charge in [0.2, 0.25) is 0 Å². The van der Waals surface area contributed by atoms with Gasteiger partial charge >= 0.3 is 0 Å². The average Bonchev–Trinajstić information content (AvgIpc) is 2.63. The molecule has 0 saturated heterocycles. The van der Waals surface area contributed by atoms with Crippen LogP contribution in [0.1, 0.15) is 0 Å². The highest BCUT2D eigenvalue weighted by molar-refractivity contribution is 9.10. The van der Waals surface area contributed by atoms with Crippen molar-refractivity contribution in [2.24, 2.45) is 0 Å². The summed E-state index contributed by atoms with van der Waals surface area (Å²) in [6.07, 6.45) is 0. The number of rotatable bonds is 0. The van der Waals surface area contributed by atoms with Gasteiger partial charge in [-0.05, 0) is 27.4 Å². The van der Waals surface area contributed by atoms with Crippen molar-refractivity contribution in [3.63, 3.8) is 0 Å². The second-order valence-corrected chi connectivity index (χ2v) is 6.16. The van der Waals surface area contributed by atoms with Crippen LogP contribution in [0.15, 0.2) is 21.3 Å². The summed E-state index contributed by atoms with van der Waals surface area (Å²) >= 11 is 9.10. The molecule has 0 aliphatic heterocycles. The normalized spacial score (nSPS) is 11.8. The Balaban J connectivity index is 2.68. The van der Waals surface area contributed by atoms with Gasteiger partial charge in [0.1, 0.15) is 0 Å². The Hall–Kier alpha value is 0.1000. The molecule has 12 heavy (non-hydrogen) atoms. The lowest BCUT2D eigenvalue weighted by atomic mass is 10.5. The molecule has 0 aliphatic rings. The highest BCUT2D eigenvalue weighted by Gasteiger charge is 2.09. The zero-order chi connectivity index (χ0) is 8.13. The monoisotopic (exact) mass is 274 g/mol. The maximum atomic E-state index is 3.56. The highest BCUT2D eigenvalue weighted by Crippen LogP contribution is 2.44. The number of thiophene rings is 3. The molecule has 0 radical (unpaired) electrons. The zero-order valence-corrected chi connectivity index (χ0v) is 9.87. The minimum atomic E-state index is 1.25. The Labute approximate surface area is 89.6 Å². The number of hydrogen-bond donors (Lipinski definition) is 0. The lowest BCUT2D eigenvalue weighted by Gasteiger charge is -1.75. The number of hydrogen-bond acceptors (Lipinski definition) is 3. The second-order valence-electron chi connectivity index (χ2n) is 2.46. The van der Waals surface area contributed by atoms with Crippen LogP contribution in [-0.2, 0) is 0 Å². The molecular formula is C8H3BrS3. The molecule has 3 aromatic heterocycles. The first-order valence-corrected chi connectivity index (χ1v) is 6.76. The molecule has 0 fully saturated rings. The predicted octanol–water partition coefficient (Wildman–Crippen LogP) is 4.94. The van der Waals surface area contributed by atoms with E-state index in [-0.39, 0.29) is 0 Å². The molecule has 0 nitrogen and oxygen atoms in total. The summed E-state index contributed by atoms with van der Waals surface area (Å²) in [6.45, 7) is 0. The first-order valence-electron chi connectivity index (χ1n) is 3.39. The fourth-order valence-corrected chi connectivity index (χ4v) is 5.61. The maximum Gasteiger partial charge on any atom is 0.0641 e. The van der Waals surface area contributed by atoms with Gasteiger partial charge in [-0.15, -0.1) is 34.0 Å². The maximum absolute atomic E-state index is 3.56. The number of halogens is 1. The van der Waals surface area contributed by atoms with Crippen LogP contribution in [0.4, 0.5) is 0 Å². The fraction of sp³-hybridized carbons (Fsp3) is 0. The molecule has 0 unspecified atom stereocenters. The summed E-state index contributed by atoms with van der Waals surface area (Å²) in [4.78, 5) is 0. The van der Waals surface area contributed by atoms with Crippen molar-refractivity contribution in [3.05, 3.63) is 21.3 Å². The summed E-state index contributed by atoms with van der Waals surface area (Å²) < 4.78 is 6.96. The molecule has 0 bridgehead atoms. The van der Waals surface area contributed by atoms with E-state index in [1.54, 1.807) is 0 Å². The molecule has 0 N–H and O–H groups in total. The van der Waals surface area contributed by atoms with Gasteiger partial charge in [-0.2, -0.15) is 0 Å². The predicted molar refractivity (Wildman–Crippen MR) is 62.8 cm³/mol. The standard InChI is InChI=1S/C8H3BrS3/c9-4-3-11-8-6(4)12-5-1-2-10-7(5)8/h1-3H. The van der Waals surface area contributed by atoms with E-state index in [1.165, 1.54) is 23.3 Å². The van der Waals surface area contributed by atoms with Gasteiger partial charge in [0.05, 0.1) is 14.1 Å². The van der Waals surface area contributed by atoms with Gasteiger partial charge < -0.3 is 0 Å². The van der Waals surface area contributed by atoms with Gasteiger partial charge in [0, 0.05) is 14.6 Å². The first kappa shape index (κ1) is 7.50. The number of fused-ring (bicyclic) bond motifs is 3. The van der Waals surface area contributed by atoms with Crippen molar-refractivity contribution in [2.45, 2.75) is 0 Å². The van der Waals surface area contributed by atoms with Crippen LogP contribution in [0.5, 0.6) is 0 Å². The van der Waals surface area contributed by atoms with Crippen molar-refractivity contribution in [3.8, 4) is 0 Å². The van der Waals surface area contributed by atoms with Crippen LogP contribution < -0.4 is 0 Å². The molecule has 0 saturated carbocycles. The fourth-order valence-electron chi connectivity index (χ4n) is 1.23. The molecule has 0 spiro atoms. The molecule has 60 valence electrons. The molecule has 3 aromatic rings. The van der Waals surface area contributed by atoms with E-state index < -0.39 is 0 Å². The SMILES string of the molecule is Brc1csc2c1sc1ccsc12. The molecule has 0 aromatic carbocycles. The van der Waals surface area contributed by atoms with Gasteiger partial charge in [-0.3, -0.25) is 0 Å². The Bertz CT molecular complexity index is 543. The van der Waals surface area contributed by atoms with E-state index in [0.717, 1.165) is 0 Å². The van der Waals surface area contributed by atoms with Crippen LogP contribution in [0, 0.1) is 0 Å². The Morgan fingerprint density at radius 1 is 1.08 bits per heavy atom. The molecule has 3 heterocycles. The summed E-state index contributed by atoms with van der Waals surface area (Å²) in [5.74, 6) is 0. The van der Waals surface area contributed by atoms with Crippen LogP contribution in [0.3, 0.4) is 0 Å². The van der Waals surface area contributed by atoms with Gasteiger partial charge in [0.15, 0.2) is 0 Å². The van der Waals surface area contributed by atoms with Crippen molar-refractivity contribution in [1.29, 1.82) is 0 Å². The highest BCUT2D eigenvalue weighted by atomic mass is 79.9. The van der Waals surface area contributed by atoms with Crippen LogP contribution in [0.2, 0.25) is 0 Å². The smallest absolute Gasteiger partial charge is 0.0641 e. The minimum absolute atomic E-state index is 1.25. The van der Waals surface area contributed by atoms with E-state index in [0.29, 0.717) is 0 Å². The third kappa shape index (κ3) is 0.865. The van der Waals surface area contributed by atoms with Crippen molar-refractivity contribution in [2.75, 3.05) is 0 Å². The van der Waals surface area contributed by atoms with Crippen molar-refractivity contribution >= 4 is 68.7 Å². The Morgan fingerprint density at radius 2 is 2.00 bits per heavy atom. The topological polar surface area (TPSA) is 0 Å². The Kier molecular flexibility index (Phi) is 1.59. The minimum Gasteiger partial charge on any atom is -0.141 e. The molecule has 0 amide bonds. The molecule has 0 aliphatic carbocycles. The average molecular weight is 275 g/mol. The van der Waals surface area contributed by atoms with Crippen LogP contribution in [0.25, 0.3) is 18.8 Å². The van der Waals surface area contributed by atoms with Crippen molar-refractivity contribution in [1.82, 2.24) is 0 Å². The molecule has 4 heteroatoms. The second kappa shape index (κ2) is 2.54. The van der Waals surface area contributed by atoms with E-state index in [4.69, 9.17) is 0 Å². The third-order valence-corrected chi connectivity index (χ3v) is 6.45. The quantitative estimate of drug-likeness (QED) is 0.545.